The Morgan fingerprint density at radius 1 is 0.964 bits per heavy atom. The third-order valence-corrected chi connectivity index (χ3v) is 6.99. The second-order valence-corrected chi connectivity index (χ2v) is 8.93. The van der Waals surface area contributed by atoms with Crippen molar-refractivity contribution >= 4 is 21.4 Å². The number of hydrogen-bond donors (Lipinski definition) is 1. The van der Waals surface area contributed by atoms with Gasteiger partial charge < -0.3 is 9.47 Å². The van der Waals surface area contributed by atoms with Gasteiger partial charge in [0.05, 0.1) is 24.8 Å². The normalized spacial score (nSPS) is 11.4. The van der Waals surface area contributed by atoms with Gasteiger partial charge in [0.15, 0.2) is 0 Å². The molecule has 3 rings (SSSR count). The number of aryl methyl sites for hydroxylation is 1. The first-order valence-electron chi connectivity index (χ1n) is 8.67. The summed E-state index contributed by atoms with van der Waals surface area (Å²) in [5, 5.41) is 0.910. The van der Waals surface area contributed by atoms with Crippen LogP contribution in [-0.4, -0.2) is 34.2 Å². The van der Waals surface area contributed by atoms with E-state index in [2.05, 4.69) is 9.71 Å². The SMILES string of the molecule is COc1ccc(-c2nc(C)c(CCNS(=O)(=O)c3ccc(OC)cc3)s2)cc1. The Kier molecular flexibility index (Phi) is 6.33. The molecular formula is C20H22N2O4S2. The summed E-state index contributed by atoms with van der Waals surface area (Å²) in [5.41, 5.74) is 1.93. The predicted molar refractivity (Wildman–Crippen MR) is 111 cm³/mol. The molecule has 0 aliphatic carbocycles. The zero-order chi connectivity index (χ0) is 20.1. The highest BCUT2D eigenvalue weighted by Gasteiger charge is 2.15. The van der Waals surface area contributed by atoms with E-state index in [9.17, 15) is 8.42 Å². The van der Waals surface area contributed by atoms with Crippen LogP contribution >= 0.6 is 11.3 Å². The van der Waals surface area contributed by atoms with E-state index in [0.29, 0.717) is 18.7 Å². The number of rotatable bonds is 8. The van der Waals surface area contributed by atoms with Crippen LogP contribution in [0.5, 0.6) is 11.5 Å². The Morgan fingerprint density at radius 3 is 2.11 bits per heavy atom. The summed E-state index contributed by atoms with van der Waals surface area (Å²) in [6.45, 7) is 2.25. The molecule has 0 saturated carbocycles. The average molecular weight is 419 g/mol. The summed E-state index contributed by atoms with van der Waals surface area (Å²) < 4.78 is 37.7. The van der Waals surface area contributed by atoms with Crippen LogP contribution in [0.4, 0.5) is 0 Å². The van der Waals surface area contributed by atoms with Crippen molar-refractivity contribution in [3.05, 3.63) is 59.1 Å². The first-order valence-corrected chi connectivity index (χ1v) is 11.0. The van der Waals surface area contributed by atoms with E-state index in [1.807, 2.05) is 31.2 Å². The van der Waals surface area contributed by atoms with Gasteiger partial charge in [0.1, 0.15) is 16.5 Å². The Hall–Kier alpha value is -2.42. The van der Waals surface area contributed by atoms with Gasteiger partial charge >= 0.3 is 0 Å². The number of sulfonamides is 1. The fourth-order valence-electron chi connectivity index (χ4n) is 2.65. The van der Waals surface area contributed by atoms with Crippen molar-refractivity contribution in [3.63, 3.8) is 0 Å². The van der Waals surface area contributed by atoms with Crippen LogP contribution < -0.4 is 14.2 Å². The number of ether oxygens (including phenoxy) is 2. The molecule has 148 valence electrons. The summed E-state index contributed by atoms with van der Waals surface area (Å²) in [4.78, 5) is 5.89. The van der Waals surface area contributed by atoms with Crippen molar-refractivity contribution in [2.45, 2.75) is 18.2 Å². The molecule has 0 unspecified atom stereocenters. The lowest BCUT2D eigenvalue weighted by Crippen LogP contribution is -2.25. The van der Waals surface area contributed by atoms with Gasteiger partial charge in [0, 0.05) is 17.0 Å². The van der Waals surface area contributed by atoms with E-state index in [4.69, 9.17) is 9.47 Å². The molecule has 2 aromatic carbocycles. The highest BCUT2D eigenvalue weighted by Crippen LogP contribution is 2.29. The number of methoxy groups -OCH3 is 2. The van der Waals surface area contributed by atoms with E-state index in [-0.39, 0.29) is 4.90 Å². The summed E-state index contributed by atoms with van der Waals surface area (Å²) >= 11 is 1.57. The van der Waals surface area contributed by atoms with Gasteiger partial charge in [-0.15, -0.1) is 11.3 Å². The maximum Gasteiger partial charge on any atom is 0.240 e. The highest BCUT2D eigenvalue weighted by atomic mass is 32.2. The molecule has 1 aromatic heterocycles. The molecule has 1 N–H and O–H groups in total. The van der Waals surface area contributed by atoms with Gasteiger partial charge in [0.25, 0.3) is 0 Å². The number of hydrogen-bond acceptors (Lipinski definition) is 6. The van der Waals surface area contributed by atoms with Crippen LogP contribution in [0, 0.1) is 6.92 Å². The second kappa shape index (κ2) is 8.72. The zero-order valence-corrected chi connectivity index (χ0v) is 17.6. The van der Waals surface area contributed by atoms with Crippen molar-refractivity contribution < 1.29 is 17.9 Å². The first-order chi connectivity index (χ1) is 13.4. The number of thiazole rings is 1. The van der Waals surface area contributed by atoms with E-state index in [0.717, 1.165) is 26.9 Å². The first kappa shape index (κ1) is 20.3. The monoisotopic (exact) mass is 418 g/mol. The summed E-state index contributed by atoms with van der Waals surface area (Å²) in [6, 6.07) is 14.0. The third kappa shape index (κ3) is 4.70. The summed E-state index contributed by atoms with van der Waals surface area (Å²) in [6.07, 6.45) is 0.578. The van der Waals surface area contributed by atoms with Gasteiger partial charge in [-0.1, -0.05) is 0 Å². The highest BCUT2D eigenvalue weighted by molar-refractivity contribution is 7.89. The minimum Gasteiger partial charge on any atom is -0.497 e. The summed E-state index contributed by atoms with van der Waals surface area (Å²) in [7, 11) is -0.383. The van der Waals surface area contributed by atoms with E-state index < -0.39 is 10.0 Å². The zero-order valence-electron chi connectivity index (χ0n) is 15.9. The quantitative estimate of drug-likeness (QED) is 0.604. The summed E-state index contributed by atoms with van der Waals surface area (Å²) in [5.74, 6) is 1.41. The Labute approximate surface area is 169 Å². The largest absolute Gasteiger partial charge is 0.497 e. The van der Waals surface area contributed by atoms with Crippen molar-refractivity contribution in [1.82, 2.24) is 9.71 Å². The van der Waals surface area contributed by atoms with E-state index in [1.54, 1.807) is 37.7 Å². The van der Waals surface area contributed by atoms with Gasteiger partial charge in [-0.05, 0) is 61.9 Å². The average Bonchev–Trinajstić information content (AvgIpc) is 3.08. The molecule has 0 spiro atoms. The van der Waals surface area contributed by atoms with Crippen LogP contribution in [0.3, 0.4) is 0 Å². The number of aromatic nitrogens is 1. The molecule has 0 bridgehead atoms. The molecular weight excluding hydrogens is 396 g/mol. The lowest BCUT2D eigenvalue weighted by Gasteiger charge is -2.07. The molecule has 28 heavy (non-hydrogen) atoms. The van der Waals surface area contributed by atoms with Crippen molar-refractivity contribution in [3.8, 4) is 22.1 Å². The van der Waals surface area contributed by atoms with Crippen molar-refractivity contribution in [2.75, 3.05) is 20.8 Å². The Balaban J connectivity index is 1.64. The fourth-order valence-corrected chi connectivity index (χ4v) is 4.75. The van der Waals surface area contributed by atoms with Crippen molar-refractivity contribution in [2.24, 2.45) is 0 Å². The standard InChI is InChI=1S/C20H22N2O4S2/c1-14-19(27-20(22-14)15-4-6-16(25-2)7-5-15)12-13-21-28(23,24)18-10-8-17(26-3)9-11-18/h4-11,21H,12-13H2,1-3H3. The lowest BCUT2D eigenvalue weighted by molar-refractivity contribution is 0.414. The van der Waals surface area contributed by atoms with Crippen LogP contribution in [0.15, 0.2) is 53.4 Å². The molecule has 0 atom stereocenters. The molecule has 6 nitrogen and oxygen atoms in total. The lowest BCUT2D eigenvalue weighted by atomic mass is 10.2. The molecule has 0 fully saturated rings. The van der Waals surface area contributed by atoms with E-state index in [1.165, 1.54) is 12.1 Å². The minimum absolute atomic E-state index is 0.216. The predicted octanol–water partition coefficient (Wildman–Crippen LogP) is 3.66. The van der Waals surface area contributed by atoms with Gasteiger partial charge in [0.2, 0.25) is 10.0 Å². The molecule has 0 radical (unpaired) electrons. The molecule has 0 amide bonds. The molecule has 0 saturated heterocycles. The molecule has 3 aromatic rings. The topological polar surface area (TPSA) is 77.5 Å². The van der Waals surface area contributed by atoms with Gasteiger partial charge in [-0.2, -0.15) is 0 Å². The molecule has 8 heteroatoms. The maximum absolute atomic E-state index is 12.4. The molecule has 0 aliphatic heterocycles. The number of nitrogens with one attached hydrogen (secondary N) is 1. The number of nitrogens with zero attached hydrogens (tertiary/aromatic N) is 1. The van der Waals surface area contributed by atoms with Crippen LogP contribution in [0.2, 0.25) is 0 Å². The molecule has 1 heterocycles. The van der Waals surface area contributed by atoms with Crippen molar-refractivity contribution in [1.29, 1.82) is 0 Å². The second-order valence-electron chi connectivity index (χ2n) is 6.08. The van der Waals surface area contributed by atoms with Crippen LogP contribution in [-0.2, 0) is 16.4 Å². The number of benzene rings is 2. The Bertz CT molecular complexity index is 1030. The van der Waals surface area contributed by atoms with Crippen LogP contribution in [0.25, 0.3) is 10.6 Å². The third-order valence-electron chi connectivity index (χ3n) is 4.24. The fraction of sp³-hybridized carbons (Fsp3) is 0.250. The van der Waals surface area contributed by atoms with E-state index >= 15 is 0 Å². The van der Waals surface area contributed by atoms with Gasteiger partial charge in [-0.25, -0.2) is 18.1 Å². The smallest absolute Gasteiger partial charge is 0.240 e. The maximum atomic E-state index is 12.4. The Morgan fingerprint density at radius 2 is 1.54 bits per heavy atom. The van der Waals surface area contributed by atoms with Crippen LogP contribution in [0.1, 0.15) is 10.6 Å². The minimum atomic E-state index is -3.56. The van der Waals surface area contributed by atoms with Gasteiger partial charge in [-0.3, -0.25) is 0 Å². The molecule has 0 aliphatic rings.